The SMILES string of the molecule is C=C(CC(C)(C)C)N(C)C(C)CCN.Cc1ccccc1. The van der Waals surface area contributed by atoms with E-state index in [1.165, 1.54) is 11.3 Å². The van der Waals surface area contributed by atoms with Crippen LogP contribution in [-0.2, 0) is 0 Å². The Kier molecular flexibility index (Phi) is 9.03. The van der Waals surface area contributed by atoms with Gasteiger partial charge in [0.05, 0.1) is 0 Å². The lowest BCUT2D eigenvalue weighted by Gasteiger charge is -2.32. The molecule has 0 fully saturated rings. The van der Waals surface area contributed by atoms with E-state index < -0.39 is 0 Å². The molecule has 0 aliphatic carbocycles. The number of rotatable bonds is 5. The molecule has 21 heavy (non-hydrogen) atoms. The van der Waals surface area contributed by atoms with Gasteiger partial charge in [0, 0.05) is 18.8 Å². The van der Waals surface area contributed by atoms with Crippen LogP contribution in [0.15, 0.2) is 42.6 Å². The largest absolute Gasteiger partial charge is 0.376 e. The molecule has 0 spiro atoms. The molecule has 0 amide bonds. The van der Waals surface area contributed by atoms with Crippen molar-refractivity contribution in [2.75, 3.05) is 13.6 Å². The second-order valence-electron chi connectivity index (χ2n) is 7.00. The van der Waals surface area contributed by atoms with E-state index in [1.807, 2.05) is 18.2 Å². The molecule has 0 heterocycles. The van der Waals surface area contributed by atoms with Gasteiger partial charge in [-0.2, -0.15) is 0 Å². The zero-order valence-electron chi connectivity index (χ0n) is 14.8. The summed E-state index contributed by atoms with van der Waals surface area (Å²) in [5, 5.41) is 0. The van der Waals surface area contributed by atoms with Crippen LogP contribution >= 0.6 is 0 Å². The molecule has 2 N–H and O–H groups in total. The van der Waals surface area contributed by atoms with Crippen molar-refractivity contribution in [1.29, 1.82) is 0 Å². The number of benzene rings is 1. The van der Waals surface area contributed by atoms with Crippen molar-refractivity contribution in [2.24, 2.45) is 11.1 Å². The Balaban J connectivity index is 0.000000471. The van der Waals surface area contributed by atoms with Crippen LogP contribution in [-0.4, -0.2) is 24.5 Å². The Morgan fingerprint density at radius 1 is 1.24 bits per heavy atom. The first-order chi connectivity index (χ1) is 9.67. The fourth-order valence-electron chi connectivity index (χ4n) is 2.02. The normalized spacial score (nSPS) is 12.1. The summed E-state index contributed by atoms with van der Waals surface area (Å²) in [6.07, 6.45) is 2.07. The molecule has 1 unspecified atom stereocenters. The van der Waals surface area contributed by atoms with Crippen molar-refractivity contribution in [3.63, 3.8) is 0 Å². The first-order valence-corrected chi connectivity index (χ1v) is 7.79. The van der Waals surface area contributed by atoms with Crippen molar-refractivity contribution in [3.05, 3.63) is 48.2 Å². The number of nitrogens with two attached hydrogens (primary N) is 1. The summed E-state index contributed by atoms with van der Waals surface area (Å²) in [7, 11) is 2.11. The summed E-state index contributed by atoms with van der Waals surface area (Å²) < 4.78 is 0. The van der Waals surface area contributed by atoms with E-state index in [1.54, 1.807) is 0 Å². The number of allylic oxidation sites excluding steroid dienone is 1. The molecule has 1 aromatic rings. The highest BCUT2D eigenvalue weighted by Crippen LogP contribution is 2.25. The quantitative estimate of drug-likeness (QED) is 0.858. The minimum atomic E-state index is 0.313. The molecule has 0 saturated heterocycles. The van der Waals surface area contributed by atoms with Crippen LogP contribution in [0.2, 0.25) is 0 Å². The highest BCUT2D eigenvalue weighted by atomic mass is 15.1. The van der Waals surface area contributed by atoms with E-state index in [2.05, 4.69) is 65.3 Å². The summed E-state index contributed by atoms with van der Waals surface area (Å²) in [5.74, 6) is 0. The van der Waals surface area contributed by atoms with Gasteiger partial charge in [0.15, 0.2) is 0 Å². The second kappa shape index (κ2) is 9.62. The van der Waals surface area contributed by atoms with Crippen LogP contribution in [0.3, 0.4) is 0 Å². The van der Waals surface area contributed by atoms with E-state index >= 15 is 0 Å². The smallest absolute Gasteiger partial charge is 0.0267 e. The van der Waals surface area contributed by atoms with Crippen molar-refractivity contribution < 1.29 is 0 Å². The van der Waals surface area contributed by atoms with Gasteiger partial charge in [0.1, 0.15) is 0 Å². The lowest BCUT2D eigenvalue weighted by Crippen LogP contribution is -2.31. The number of hydrogen-bond acceptors (Lipinski definition) is 2. The highest BCUT2D eigenvalue weighted by molar-refractivity contribution is 5.11. The fraction of sp³-hybridized carbons (Fsp3) is 0.579. The Morgan fingerprint density at radius 3 is 2.10 bits per heavy atom. The highest BCUT2D eigenvalue weighted by Gasteiger charge is 2.16. The molecule has 2 heteroatoms. The van der Waals surface area contributed by atoms with Gasteiger partial charge in [-0.05, 0) is 38.6 Å². The van der Waals surface area contributed by atoms with Crippen molar-refractivity contribution in [1.82, 2.24) is 4.90 Å². The Labute approximate surface area is 132 Å². The summed E-state index contributed by atoms with van der Waals surface area (Å²) in [6, 6.07) is 10.8. The third-order valence-corrected chi connectivity index (χ3v) is 3.42. The molecule has 0 aliphatic rings. The molecular formula is C19H34N2. The average Bonchev–Trinajstić information content (AvgIpc) is 2.37. The minimum Gasteiger partial charge on any atom is -0.376 e. The molecule has 0 aliphatic heterocycles. The van der Waals surface area contributed by atoms with Crippen LogP contribution < -0.4 is 5.73 Å². The van der Waals surface area contributed by atoms with Gasteiger partial charge >= 0.3 is 0 Å². The molecule has 120 valence electrons. The first-order valence-electron chi connectivity index (χ1n) is 7.79. The van der Waals surface area contributed by atoms with Crippen LogP contribution in [0.25, 0.3) is 0 Å². The Hall–Kier alpha value is -1.28. The molecule has 0 saturated carbocycles. The third kappa shape index (κ3) is 10.1. The maximum Gasteiger partial charge on any atom is 0.0267 e. The summed E-state index contributed by atoms with van der Waals surface area (Å²) in [5.41, 5.74) is 8.38. The number of nitrogens with zero attached hydrogens (tertiary/aromatic N) is 1. The maximum atomic E-state index is 5.54. The van der Waals surface area contributed by atoms with Crippen LogP contribution in [0.5, 0.6) is 0 Å². The van der Waals surface area contributed by atoms with E-state index in [-0.39, 0.29) is 0 Å². The van der Waals surface area contributed by atoms with Crippen LogP contribution in [0.4, 0.5) is 0 Å². The van der Waals surface area contributed by atoms with Crippen molar-refractivity contribution in [2.45, 2.75) is 53.5 Å². The molecule has 1 rings (SSSR count). The lowest BCUT2D eigenvalue weighted by molar-refractivity contribution is 0.269. The maximum absolute atomic E-state index is 5.54. The molecule has 2 nitrogen and oxygen atoms in total. The number of hydrogen-bond donors (Lipinski definition) is 1. The van der Waals surface area contributed by atoms with Gasteiger partial charge in [-0.25, -0.2) is 0 Å². The van der Waals surface area contributed by atoms with Gasteiger partial charge in [0.25, 0.3) is 0 Å². The van der Waals surface area contributed by atoms with Gasteiger partial charge < -0.3 is 10.6 Å². The molecule has 1 atom stereocenters. The minimum absolute atomic E-state index is 0.313. The Bertz CT molecular complexity index is 390. The van der Waals surface area contributed by atoms with Crippen molar-refractivity contribution in [3.8, 4) is 0 Å². The first kappa shape index (κ1) is 19.7. The molecule has 0 radical (unpaired) electrons. The zero-order valence-corrected chi connectivity index (χ0v) is 14.8. The zero-order chi connectivity index (χ0) is 16.5. The van der Waals surface area contributed by atoms with Crippen molar-refractivity contribution >= 4 is 0 Å². The van der Waals surface area contributed by atoms with Gasteiger partial charge in [-0.3, -0.25) is 0 Å². The van der Waals surface area contributed by atoms with Gasteiger partial charge in [-0.1, -0.05) is 63.2 Å². The van der Waals surface area contributed by atoms with E-state index in [0.29, 0.717) is 11.5 Å². The molecular weight excluding hydrogens is 256 g/mol. The van der Waals surface area contributed by atoms with Crippen LogP contribution in [0, 0.1) is 12.3 Å². The topological polar surface area (TPSA) is 29.3 Å². The second-order valence-corrected chi connectivity index (χ2v) is 7.00. The Morgan fingerprint density at radius 2 is 1.76 bits per heavy atom. The standard InChI is InChI=1S/C12H26N2.C7H8/c1-10(7-8-13)14(6)11(2)9-12(3,4)5;1-7-5-3-2-4-6-7/h10H,2,7-9,13H2,1,3-6H3;2-6H,1H3. The lowest BCUT2D eigenvalue weighted by atomic mass is 9.90. The summed E-state index contributed by atoms with van der Waals surface area (Å²) >= 11 is 0. The monoisotopic (exact) mass is 290 g/mol. The predicted molar refractivity (Wildman–Crippen MR) is 95.3 cm³/mol. The average molecular weight is 290 g/mol. The predicted octanol–water partition coefficient (Wildman–Crippen LogP) is 4.60. The summed E-state index contributed by atoms with van der Waals surface area (Å²) in [6.45, 7) is 15.9. The molecule has 0 aromatic heterocycles. The van der Waals surface area contributed by atoms with E-state index in [0.717, 1.165) is 19.4 Å². The molecule has 0 bridgehead atoms. The third-order valence-electron chi connectivity index (χ3n) is 3.42. The number of aryl methyl sites for hydroxylation is 1. The summed E-state index contributed by atoms with van der Waals surface area (Å²) in [4.78, 5) is 2.25. The molecule has 1 aromatic carbocycles. The van der Waals surface area contributed by atoms with E-state index in [9.17, 15) is 0 Å². The fourth-order valence-corrected chi connectivity index (χ4v) is 2.02. The van der Waals surface area contributed by atoms with Gasteiger partial charge in [-0.15, -0.1) is 0 Å². The van der Waals surface area contributed by atoms with Gasteiger partial charge in [0.2, 0.25) is 0 Å². The van der Waals surface area contributed by atoms with Crippen LogP contribution in [0.1, 0.15) is 46.1 Å². The van der Waals surface area contributed by atoms with E-state index in [4.69, 9.17) is 5.73 Å².